The number of hydrogen-bond acceptors (Lipinski definition) is 5. The SMILES string of the molecule is CN(C)c1nc(NCC2CCC(CNCc3cccn3C)CC2)nc2ccccc12. The molecule has 3 aromatic rings. The van der Waals surface area contributed by atoms with Gasteiger partial charge in [-0.05, 0) is 68.3 Å². The third-order valence-corrected chi connectivity index (χ3v) is 6.31. The van der Waals surface area contributed by atoms with Crippen molar-refractivity contribution in [2.24, 2.45) is 18.9 Å². The molecule has 30 heavy (non-hydrogen) atoms. The van der Waals surface area contributed by atoms with Crippen molar-refractivity contribution in [3.05, 3.63) is 48.3 Å². The van der Waals surface area contributed by atoms with Gasteiger partial charge in [0, 0.05) is 51.5 Å². The van der Waals surface area contributed by atoms with E-state index in [9.17, 15) is 0 Å². The van der Waals surface area contributed by atoms with Crippen molar-refractivity contribution < 1.29 is 0 Å². The predicted octanol–water partition coefficient (Wildman–Crippen LogP) is 4.04. The second-order valence-electron chi connectivity index (χ2n) is 8.79. The summed E-state index contributed by atoms with van der Waals surface area (Å²) in [6.45, 7) is 3.03. The van der Waals surface area contributed by atoms with Gasteiger partial charge in [-0.25, -0.2) is 4.98 Å². The minimum atomic E-state index is 0.701. The van der Waals surface area contributed by atoms with Gasteiger partial charge < -0.3 is 20.1 Å². The van der Waals surface area contributed by atoms with Crippen LogP contribution in [-0.2, 0) is 13.6 Å². The van der Waals surface area contributed by atoms with Gasteiger partial charge in [0.05, 0.1) is 5.52 Å². The van der Waals surface area contributed by atoms with Gasteiger partial charge in [-0.1, -0.05) is 12.1 Å². The molecule has 0 radical (unpaired) electrons. The molecule has 1 aliphatic rings. The molecule has 6 heteroatoms. The number of aryl methyl sites for hydroxylation is 1. The van der Waals surface area contributed by atoms with Crippen LogP contribution in [0.3, 0.4) is 0 Å². The van der Waals surface area contributed by atoms with E-state index in [-0.39, 0.29) is 0 Å². The number of anilines is 2. The van der Waals surface area contributed by atoms with E-state index in [1.165, 1.54) is 31.4 Å². The first-order valence-electron chi connectivity index (χ1n) is 11.1. The van der Waals surface area contributed by atoms with Crippen molar-refractivity contribution in [3.63, 3.8) is 0 Å². The fraction of sp³-hybridized carbons (Fsp3) is 0.500. The fourth-order valence-corrected chi connectivity index (χ4v) is 4.44. The molecule has 2 aromatic heterocycles. The Balaban J connectivity index is 1.25. The quantitative estimate of drug-likeness (QED) is 0.591. The lowest BCUT2D eigenvalue weighted by atomic mass is 9.82. The Kier molecular flexibility index (Phi) is 6.53. The van der Waals surface area contributed by atoms with Crippen LogP contribution in [0.25, 0.3) is 10.9 Å². The Morgan fingerprint density at radius 1 is 0.967 bits per heavy atom. The lowest BCUT2D eigenvalue weighted by Crippen LogP contribution is -2.29. The zero-order valence-electron chi connectivity index (χ0n) is 18.4. The van der Waals surface area contributed by atoms with E-state index >= 15 is 0 Å². The monoisotopic (exact) mass is 406 g/mol. The van der Waals surface area contributed by atoms with Crippen LogP contribution in [0.4, 0.5) is 11.8 Å². The standard InChI is InChI=1S/C24H34N6/c1-29(2)23-21-8-4-5-9-22(21)27-24(28-23)26-16-19-12-10-18(11-13-19)15-25-17-20-7-6-14-30(20)3/h4-9,14,18-19,25H,10-13,15-17H2,1-3H3,(H,26,27,28). The summed E-state index contributed by atoms with van der Waals surface area (Å²) >= 11 is 0. The van der Waals surface area contributed by atoms with Crippen molar-refractivity contribution in [2.45, 2.75) is 32.2 Å². The van der Waals surface area contributed by atoms with E-state index < -0.39 is 0 Å². The molecule has 0 amide bonds. The van der Waals surface area contributed by atoms with Crippen molar-refractivity contribution in [3.8, 4) is 0 Å². The van der Waals surface area contributed by atoms with Crippen LogP contribution in [0.5, 0.6) is 0 Å². The first-order valence-corrected chi connectivity index (χ1v) is 11.1. The van der Waals surface area contributed by atoms with E-state index in [4.69, 9.17) is 9.97 Å². The molecule has 0 bridgehead atoms. The average Bonchev–Trinajstić information content (AvgIpc) is 3.17. The average molecular weight is 407 g/mol. The Bertz CT molecular complexity index is 955. The van der Waals surface area contributed by atoms with Gasteiger partial charge in [-0.15, -0.1) is 0 Å². The predicted molar refractivity (Wildman–Crippen MR) is 125 cm³/mol. The molecule has 0 atom stereocenters. The number of rotatable bonds is 8. The van der Waals surface area contributed by atoms with Gasteiger partial charge in [0.1, 0.15) is 5.82 Å². The first-order chi connectivity index (χ1) is 14.6. The molecule has 4 rings (SSSR count). The third-order valence-electron chi connectivity index (χ3n) is 6.31. The highest BCUT2D eigenvalue weighted by Gasteiger charge is 2.21. The summed E-state index contributed by atoms with van der Waals surface area (Å²) in [6.07, 6.45) is 7.26. The summed E-state index contributed by atoms with van der Waals surface area (Å²) in [5, 5.41) is 8.25. The number of aromatic nitrogens is 3. The van der Waals surface area contributed by atoms with E-state index in [2.05, 4.69) is 57.6 Å². The highest BCUT2D eigenvalue weighted by Crippen LogP contribution is 2.29. The number of para-hydroxylation sites is 1. The summed E-state index contributed by atoms with van der Waals surface area (Å²) < 4.78 is 2.19. The lowest BCUT2D eigenvalue weighted by Gasteiger charge is -2.29. The molecular weight excluding hydrogens is 372 g/mol. The van der Waals surface area contributed by atoms with Crippen LogP contribution in [0.15, 0.2) is 42.6 Å². The molecule has 2 N–H and O–H groups in total. The maximum atomic E-state index is 4.76. The van der Waals surface area contributed by atoms with Crippen LogP contribution in [0.1, 0.15) is 31.4 Å². The molecule has 0 aliphatic heterocycles. The van der Waals surface area contributed by atoms with Crippen molar-refractivity contribution in [1.29, 1.82) is 0 Å². The Labute approximate surface area is 179 Å². The summed E-state index contributed by atoms with van der Waals surface area (Å²) in [4.78, 5) is 11.6. The number of hydrogen-bond donors (Lipinski definition) is 2. The second-order valence-corrected chi connectivity index (χ2v) is 8.79. The highest BCUT2D eigenvalue weighted by atomic mass is 15.2. The Morgan fingerprint density at radius 3 is 2.40 bits per heavy atom. The minimum absolute atomic E-state index is 0.701. The summed E-state index contributed by atoms with van der Waals surface area (Å²) in [7, 11) is 6.17. The second kappa shape index (κ2) is 9.47. The Morgan fingerprint density at radius 2 is 1.70 bits per heavy atom. The summed E-state index contributed by atoms with van der Waals surface area (Å²) in [5.41, 5.74) is 2.34. The molecule has 0 spiro atoms. The van der Waals surface area contributed by atoms with E-state index in [1.54, 1.807) is 0 Å². The molecule has 1 fully saturated rings. The van der Waals surface area contributed by atoms with E-state index in [0.29, 0.717) is 5.92 Å². The van der Waals surface area contributed by atoms with Gasteiger partial charge in [-0.2, -0.15) is 4.98 Å². The smallest absolute Gasteiger partial charge is 0.225 e. The molecule has 1 aromatic carbocycles. The van der Waals surface area contributed by atoms with Crippen molar-refractivity contribution >= 4 is 22.7 Å². The summed E-state index contributed by atoms with van der Waals surface area (Å²) in [5.74, 6) is 3.20. The van der Waals surface area contributed by atoms with Crippen LogP contribution >= 0.6 is 0 Å². The zero-order chi connectivity index (χ0) is 20.9. The minimum Gasteiger partial charge on any atom is -0.362 e. The lowest BCUT2D eigenvalue weighted by molar-refractivity contribution is 0.275. The topological polar surface area (TPSA) is 58.0 Å². The number of nitrogens with one attached hydrogen (secondary N) is 2. The van der Waals surface area contributed by atoms with Gasteiger partial charge >= 0.3 is 0 Å². The van der Waals surface area contributed by atoms with E-state index in [1.807, 2.05) is 26.2 Å². The maximum absolute atomic E-state index is 4.76. The largest absolute Gasteiger partial charge is 0.362 e. The van der Waals surface area contributed by atoms with Gasteiger partial charge in [0.25, 0.3) is 0 Å². The molecule has 0 unspecified atom stereocenters. The number of nitrogens with zero attached hydrogens (tertiary/aromatic N) is 4. The third kappa shape index (κ3) is 4.93. The van der Waals surface area contributed by atoms with Crippen LogP contribution in [0.2, 0.25) is 0 Å². The first kappa shape index (κ1) is 20.7. The Hall–Kier alpha value is -2.60. The normalized spacial score (nSPS) is 19.2. The van der Waals surface area contributed by atoms with Crippen molar-refractivity contribution in [1.82, 2.24) is 19.9 Å². The molecular formula is C24H34N6. The van der Waals surface area contributed by atoms with Gasteiger partial charge in [0.15, 0.2) is 0 Å². The zero-order valence-corrected chi connectivity index (χ0v) is 18.4. The molecule has 1 aliphatic carbocycles. The molecule has 1 saturated carbocycles. The summed E-state index contributed by atoms with van der Waals surface area (Å²) in [6, 6.07) is 12.5. The van der Waals surface area contributed by atoms with Crippen LogP contribution in [-0.4, -0.2) is 41.7 Å². The molecule has 0 saturated heterocycles. The number of fused-ring (bicyclic) bond motifs is 1. The number of benzene rings is 1. The molecule has 6 nitrogen and oxygen atoms in total. The van der Waals surface area contributed by atoms with Crippen LogP contribution in [0, 0.1) is 11.8 Å². The van der Waals surface area contributed by atoms with E-state index in [0.717, 1.165) is 48.2 Å². The molecule has 2 heterocycles. The maximum Gasteiger partial charge on any atom is 0.225 e. The van der Waals surface area contributed by atoms with Crippen molar-refractivity contribution in [2.75, 3.05) is 37.4 Å². The van der Waals surface area contributed by atoms with Gasteiger partial charge in [-0.3, -0.25) is 0 Å². The van der Waals surface area contributed by atoms with Gasteiger partial charge in [0.2, 0.25) is 5.95 Å². The molecule has 160 valence electrons. The highest BCUT2D eigenvalue weighted by molar-refractivity contribution is 5.90. The van der Waals surface area contributed by atoms with Crippen LogP contribution < -0.4 is 15.5 Å². The fourth-order valence-electron chi connectivity index (χ4n) is 4.44.